The molecule has 0 aliphatic carbocycles. The van der Waals surface area contributed by atoms with Crippen molar-refractivity contribution >= 4 is 23.2 Å². The molecule has 3 aromatic carbocycles. The maximum atomic E-state index is 13.1. The Morgan fingerprint density at radius 1 is 0.903 bits per heavy atom. The molecule has 0 bridgehead atoms. The maximum Gasteiger partial charge on any atom is 0.295 e. The van der Waals surface area contributed by atoms with E-state index in [1.807, 2.05) is 76.2 Å². The highest BCUT2D eigenvalue weighted by atomic mass is 35.5. The van der Waals surface area contributed by atoms with Crippen LogP contribution in [0.25, 0.3) is 17.1 Å². The van der Waals surface area contributed by atoms with Crippen LogP contribution in [0.1, 0.15) is 32.9 Å². The van der Waals surface area contributed by atoms with Crippen molar-refractivity contribution in [2.45, 2.75) is 27.7 Å². The normalized spacial score (nSPS) is 10.9. The highest BCUT2D eigenvalue weighted by Crippen LogP contribution is 2.26. The molecule has 5 nitrogen and oxygen atoms in total. The first-order chi connectivity index (χ1) is 14.8. The lowest BCUT2D eigenvalue weighted by molar-refractivity contribution is 0.101. The van der Waals surface area contributed by atoms with Crippen LogP contribution in [0.4, 0.5) is 5.69 Å². The monoisotopic (exact) mass is 430 g/mol. The molecule has 0 spiro atoms. The van der Waals surface area contributed by atoms with Crippen molar-refractivity contribution in [3.63, 3.8) is 0 Å². The summed E-state index contributed by atoms with van der Waals surface area (Å²) in [6.45, 7) is 7.98. The summed E-state index contributed by atoms with van der Waals surface area (Å²) < 4.78 is 1.71. The number of carbonyl (C=O) groups excluding carboxylic acids is 1. The number of rotatable bonds is 4. The van der Waals surface area contributed by atoms with Crippen molar-refractivity contribution in [2.24, 2.45) is 0 Å². The van der Waals surface area contributed by atoms with E-state index in [-0.39, 0.29) is 11.7 Å². The number of hydrogen-bond acceptors (Lipinski definition) is 3. The molecule has 0 saturated heterocycles. The molecule has 0 radical (unpaired) electrons. The van der Waals surface area contributed by atoms with E-state index in [0.29, 0.717) is 10.8 Å². The maximum absolute atomic E-state index is 13.1. The van der Waals surface area contributed by atoms with Gasteiger partial charge in [0.25, 0.3) is 5.91 Å². The second kappa shape index (κ2) is 8.36. The van der Waals surface area contributed by atoms with E-state index in [1.165, 1.54) is 0 Å². The van der Waals surface area contributed by atoms with Crippen molar-refractivity contribution in [1.29, 1.82) is 0 Å². The second-order valence-electron chi connectivity index (χ2n) is 7.69. The molecule has 0 aliphatic rings. The summed E-state index contributed by atoms with van der Waals surface area (Å²) in [6, 6.07) is 19.3. The van der Waals surface area contributed by atoms with Gasteiger partial charge < -0.3 is 5.32 Å². The molecule has 4 rings (SSSR count). The van der Waals surface area contributed by atoms with Crippen LogP contribution in [0.15, 0.2) is 60.7 Å². The summed E-state index contributed by atoms with van der Waals surface area (Å²) in [4.78, 5) is 17.7. The predicted octanol–water partition coefficient (Wildman–Crippen LogP) is 6.07. The zero-order valence-corrected chi connectivity index (χ0v) is 18.7. The number of nitrogens with one attached hydrogen (secondary N) is 1. The SMILES string of the molecule is Cc1ccc(-n2nc(C(=O)Nc3c(C)cccc3C)nc2-c2cccc(Cl)c2)c(C)c1. The van der Waals surface area contributed by atoms with Crippen LogP contribution in [0.2, 0.25) is 5.02 Å². The molecule has 1 N–H and O–H groups in total. The highest BCUT2D eigenvalue weighted by molar-refractivity contribution is 6.30. The molecule has 1 aromatic heterocycles. The van der Waals surface area contributed by atoms with Crippen molar-refractivity contribution in [1.82, 2.24) is 14.8 Å². The van der Waals surface area contributed by atoms with Crippen LogP contribution < -0.4 is 5.32 Å². The van der Waals surface area contributed by atoms with Gasteiger partial charge in [0.05, 0.1) is 5.69 Å². The van der Waals surface area contributed by atoms with Gasteiger partial charge in [-0.1, -0.05) is 59.6 Å². The topological polar surface area (TPSA) is 59.8 Å². The molecular formula is C25H23ClN4O. The number of carbonyl (C=O) groups is 1. The van der Waals surface area contributed by atoms with E-state index in [2.05, 4.69) is 21.5 Å². The predicted molar refractivity (Wildman–Crippen MR) is 125 cm³/mol. The van der Waals surface area contributed by atoms with Gasteiger partial charge in [0.2, 0.25) is 5.82 Å². The molecule has 6 heteroatoms. The zero-order valence-electron chi connectivity index (χ0n) is 17.9. The van der Waals surface area contributed by atoms with Crippen LogP contribution in [-0.4, -0.2) is 20.7 Å². The molecule has 0 unspecified atom stereocenters. The first-order valence-electron chi connectivity index (χ1n) is 10.0. The number of anilines is 1. The van der Waals surface area contributed by atoms with E-state index in [9.17, 15) is 4.79 Å². The highest BCUT2D eigenvalue weighted by Gasteiger charge is 2.21. The smallest absolute Gasteiger partial charge is 0.295 e. The van der Waals surface area contributed by atoms with Gasteiger partial charge in [0, 0.05) is 16.3 Å². The van der Waals surface area contributed by atoms with E-state index >= 15 is 0 Å². The minimum absolute atomic E-state index is 0.0950. The average Bonchev–Trinajstić information content (AvgIpc) is 3.16. The van der Waals surface area contributed by atoms with Crippen LogP contribution in [0.3, 0.4) is 0 Å². The Labute approximate surface area is 186 Å². The van der Waals surface area contributed by atoms with Gasteiger partial charge in [0.1, 0.15) is 0 Å². The molecule has 0 saturated carbocycles. The first-order valence-corrected chi connectivity index (χ1v) is 10.4. The fraction of sp³-hybridized carbons (Fsp3) is 0.160. The quantitative estimate of drug-likeness (QED) is 0.427. The number of amides is 1. The molecule has 156 valence electrons. The van der Waals surface area contributed by atoms with Crippen LogP contribution in [0.5, 0.6) is 0 Å². The minimum Gasteiger partial charge on any atom is -0.319 e. The van der Waals surface area contributed by atoms with Crippen LogP contribution >= 0.6 is 11.6 Å². The Morgan fingerprint density at radius 3 is 2.29 bits per heavy atom. The molecule has 0 atom stereocenters. The lowest BCUT2D eigenvalue weighted by atomic mass is 10.1. The number of aryl methyl sites for hydroxylation is 4. The summed E-state index contributed by atoms with van der Waals surface area (Å²) in [7, 11) is 0. The third kappa shape index (κ3) is 4.23. The van der Waals surface area contributed by atoms with Gasteiger partial charge in [0.15, 0.2) is 5.82 Å². The number of hydrogen-bond donors (Lipinski definition) is 1. The standard InChI is InChI=1S/C25H23ClN4O/c1-15-11-12-21(18(4)13-15)30-24(19-9-6-10-20(26)14-19)28-23(29-30)25(31)27-22-16(2)7-5-8-17(22)3/h5-14H,1-4H3,(H,27,31). The van der Waals surface area contributed by atoms with Gasteiger partial charge in [-0.05, 0) is 62.6 Å². The van der Waals surface area contributed by atoms with Crippen LogP contribution in [0, 0.1) is 27.7 Å². The summed E-state index contributed by atoms with van der Waals surface area (Å²) >= 11 is 6.22. The Bertz CT molecular complexity index is 1270. The summed E-state index contributed by atoms with van der Waals surface area (Å²) in [5.41, 5.74) is 6.58. The van der Waals surface area contributed by atoms with Crippen LogP contribution in [-0.2, 0) is 0 Å². The van der Waals surface area contributed by atoms with Gasteiger partial charge in [-0.25, -0.2) is 9.67 Å². The van der Waals surface area contributed by atoms with Gasteiger partial charge in [-0.15, -0.1) is 5.10 Å². The summed E-state index contributed by atoms with van der Waals surface area (Å²) in [5.74, 6) is 0.294. The van der Waals surface area contributed by atoms with Crippen molar-refractivity contribution in [3.05, 3.63) is 93.8 Å². The Morgan fingerprint density at radius 2 is 1.61 bits per heavy atom. The van der Waals surface area contributed by atoms with Crippen molar-refractivity contribution in [2.75, 3.05) is 5.32 Å². The van der Waals surface area contributed by atoms with Crippen molar-refractivity contribution < 1.29 is 4.79 Å². The summed E-state index contributed by atoms with van der Waals surface area (Å²) in [5, 5.41) is 8.14. The number of benzene rings is 3. The Kier molecular flexibility index (Phi) is 5.61. The number of halogens is 1. The molecule has 1 amide bonds. The van der Waals surface area contributed by atoms with Gasteiger partial charge in [-0.3, -0.25) is 4.79 Å². The van der Waals surface area contributed by atoms with E-state index in [0.717, 1.165) is 39.2 Å². The lowest BCUT2D eigenvalue weighted by Gasteiger charge is -2.10. The van der Waals surface area contributed by atoms with E-state index in [4.69, 9.17) is 11.6 Å². The fourth-order valence-corrected chi connectivity index (χ4v) is 3.81. The molecule has 0 aliphatic heterocycles. The zero-order chi connectivity index (χ0) is 22.1. The molecule has 1 heterocycles. The molecule has 4 aromatic rings. The van der Waals surface area contributed by atoms with Crippen molar-refractivity contribution in [3.8, 4) is 17.1 Å². The molecule has 31 heavy (non-hydrogen) atoms. The largest absolute Gasteiger partial charge is 0.319 e. The number of nitrogens with zero attached hydrogens (tertiary/aromatic N) is 3. The minimum atomic E-state index is -0.357. The lowest BCUT2D eigenvalue weighted by Crippen LogP contribution is -2.16. The second-order valence-corrected chi connectivity index (χ2v) is 8.13. The third-order valence-electron chi connectivity index (χ3n) is 5.19. The first kappa shape index (κ1) is 20.8. The average molecular weight is 431 g/mol. The Balaban J connectivity index is 1.82. The fourth-order valence-electron chi connectivity index (χ4n) is 3.61. The summed E-state index contributed by atoms with van der Waals surface area (Å²) in [6.07, 6.45) is 0. The molecule has 0 fully saturated rings. The molecular weight excluding hydrogens is 408 g/mol. The van der Waals surface area contributed by atoms with Gasteiger partial charge in [-0.2, -0.15) is 0 Å². The number of para-hydroxylation sites is 1. The van der Waals surface area contributed by atoms with Gasteiger partial charge >= 0.3 is 0 Å². The van der Waals surface area contributed by atoms with E-state index < -0.39 is 0 Å². The number of aromatic nitrogens is 3. The van der Waals surface area contributed by atoms with E-state index in [1.54, 1.807) is 10.7 Å². The Hall–Kier alpha value is -3.44. The third-order valence-corrected chi connectivity index (χ3v) is 5.43.